The zero-order valence-electron chi connectivity index (χ0n) is 16.0. The van der Waals surface area contributed by atoms with Crippen molar-refractivity contribution in [2.24, 2.45) is 0 Å². The van der Waals surface area contributed by atoms with Gasteiger partial charge < -0.3 is 10.0 Å². The average molecular weight is 357 g/mol. The minimum Gasteiger partial charge on any atom is -0.383 e. The third-order valence-corrected chi connectivity index (χ3v) is 6.86. The first-order valence-electron chi connectivity index (χ1n) is 10.2. The highest BCUT2D eigenvalue weighted by Gasteiger charge is 2.49. The van der Waals surface area contributed by atoms with Crippen LogP contribution in [-0.4, -0.2) is 56.5 Å². The highest BCUT2D eigenvalue weighted by molar-refractivity contribution is 5.79. The Morgan fingerprint density at radius 3 is 2.38 bits per heavy atom. The lowest BCUT2D eigenvalue weighted by Gasteiger charge is -2.45. The van der Waals surface area contributed by atoms with E-state index in [1.807, 2.05) is 18.2 Å². The molecule has 0 radical (unpaired) electrons. The van der Waals surface area contributed by atoms with Crippen LogP contribution in [0.1, 0.15) is 64.5 Å². The molecule has 4 atom stereocenters. The summed E-state index contributed by atoms with van der Waals surface area (Å²) in [6.07, 6.45) is 8.70. The molecule has 5 heteroatoms. The molecule has 1 amide bonds. The average Bonchev–Trinajstić information content (AvgIpc) is 2.86. The van der Waals surface area contributed by atoms with Crippen molar-refractivity contribution in [3.8, 4) is 0 Å². The molecule has 3 saturated heterocycles. The van der Waals surface area contributed by atoms with E-state index in [1.54, 1.807) is 6.20 Å². The minimum atomic E-state index is -0.849. The molecule has 3 aliphatic heterocycles. The Kier molecular flexibility index (Phi) is 4.78. The highest BCUT2D eigenvalue weighted by atomic mass is 16.3. The molecule has 1 aromatic rings. The number of amides is 1. The number of likely N-dealkylation sites (tertiary alicyclic amines) is 1. The molecule has 26 heavy (non-hydrogen) atoms. The maximum Gasteiger partial charge on any atom is 0.237 e. The maximum absolute atomic E-state index is 13.0. The van der Waals surface area contributed by atoms with Crippen LogP contribution >= 0.6 is 0 Å². The van der Waals surface area contributed by atoms with E-state index in [2.05, 4.69) is 28.6 Å². The molecular weight excluding hydrogens is 326 g/mol. The lowest BCUT2D eigenvalue weighted by Crippen LogP contribution is -2.56. The Morgan fingerprint density at radius 1 is 1.15 bits per heavy atom. The van der Waals surface area contributed by atoms with Crippen molar-refractivity contribution in [2.45, 2.75) is 88.6 Å². The number of aromatic nitrogens is 1. The fourth-order valence-electron chi connectivity index (χ4n) is 5.57. The van der Waals surface area contributed by atoms with Gasteiger partial charge in [-0.05, 0) is 70.9 Å². The van der Waals surface area contributed by atoms with Crippen LogP contribution in [0, 0.1) is 0 Å². The standard InChI is InChI=1S/C21H31N3O2/c1-15-6-5-7-16(2)24(15)20(25)14-23-17-9-10-18(23)13-21(26,12-17)19-8-3-4-11-22-19/h3-4,8,11,15-18,26H,5-7,9-10,12-14H2,1-2H3/t15-,16-,17-,18-/m0/s1. The second-order valence-corrected chi connectivity index (χ2v) is 8.64. The summed E-state index contributed by atoms with van der Waals surface area (Å²) in [5, 5.41) is 11.2. The molecule has 1 N–H and O–H groups in total. The van der Waals surface area contributed by atoms with Gasteiger partial charge in [0.15, 0.2) is 0 Å². The molecule has 1 aromatic heterocycles. The molecule has 0 unspecified atom stereocenters. The summed E-state index contributed by atoms with van der Waals surface area (Å²) in [5.41, 5.74) is -0.0700. The van der Waals surface area contributed by atoms with Gasteiger partial charge in [-0.2, -0.15) is 0 Å². The molecule has 0 spiro atoms. The summed E-state index contributed by atoms with van der Waals surface area (Å²) in [6, 6.07) is 7.00. The minimum absolute atomic E-state index is 0.268. The first-order valence-corrected chi connectivity index (χ1v) is 10.2. The molecule has 4 heterocycles. The van der Waals surface area contributed by atoms with Crippen LogP contribution in [0.25, 0.3) is 0 Å². The Hall–Kier alpha value is -1.46. The topological polar surface area (TPSA) is 56.7 Å². The van der Waals surface area contributed by atoms with E-state index in [0.29, 0.717) is 31.5 Å². The molecule has 0 aliphatic carbocycles. The van der Waals surface area contributed by atoms with Gasteiger partial charge in [0.1, 0.15) is 5.60 Å². The quantitative estimate of drug-likeness (QED) is 0.904. The number of hydrogen-bond acceptors (Lipinski definition) is 4. The zero-order valence-corrected chi connectivity index (χ0v) is 16.0. The predicted octanol–water partition coefficient (Wildman–Crippen LogP) is 2.69. The number of carbonyl (C=O) groups excluding carboxylic acids is 1. The second-order valence-electron chi connectivity index (χ2n) is 8.64. The Bertz CT molecular complexity index is 626. The number of fused-ring (bicyclic) bond motifs is 2. The second kappa shape index (κ2) is 6.93. The molecule has 0 aromatic carbocycles. The molecule has 4 rings (SSSR count). The van der Waals surface area contributed by atoms with Crippen molar-refractivity contribution < 1.29 is 9.90 Å². The van der Waals surface area contributed by atoms with Crippen molar-refractivity contribution >= 4 is 5.91 Å². The Labute approximate surface area is 156 Å². The summed E-state index contributed by atoms with van der Waals surface area (Å²) >= 11 is 0. The lowest BCUT2D eigenvalue weighted by molar-refractivity contribution is -0.142. The van der Waals surface area contributed by atoms with Crippen LogP contribution < -0.4 is 0 Å². The van der Waals surface area contributed by atoms with E-state index in [1.165, 1.54) is 6.42 Å². The van der Waals surface area contributed by atoms with E-state index in [-0.39, 0.29) is 18.0 Å². The van der Waals surface area contributed by atoms with Crippen LogP contribution in [0.2, 0.25) is 0 Å². The summed E-state index contributed by atoms with van der Waals surface area (Å²) in [5.74, 6) is 0.268. The fraction of sp³-hybridized carbons (Fsp3) is 0.714. The van der Waals surface area contributed by atoms with Gasteiger partial charge in [-0.1, -0.05) is 6.07 Å². The first kappa shape index (κ1) is 17.9. The summed E-state index contributed by atoms with van der Waals surface area (Å²) in [6.45, 7) is 4.86. The molecule has 142 valence electrons. The monoisotopic (exact) mass is 357 g/mol. The van der Waals surface area contributed by atoms with E-state index in [0.717, 1.165) is 31.4 Å². The van der Waals surface area contributed by atoms with Gasteiger partial charge >= 0.3 is 0 Å². The van der Waals surface area contributed by atoms with Gasteiger partial charge in [0.05, 0.1) is 12.2 Å². The Balaban J connectivity index is 1.46. The number of carbonyl (C=O) groups is 1. The van der Waals surface area contributed by atoms with E-state index in [4.69, 9.17) is 0 Å². The van der Waals surface area contributed by atoms with Crippen molar-refractivity contribution in [1.82, 2.24) is 14.8 Å². The van der Waals surface area contributed by atoms with Crippen molar-refractivity contribution in [3.63, 3.8) is 0 Å². The van der Waals surface area contributed by atoms with Crippen LogP contribution in [0.4, 0.5) is 0 Å². The summed E-state index contributed by atoms with van der Waals surface area (Å²) < 4.78 is 0. The predicted molar refractivity (Wildman–Crippen MR) is 101 cm³/mol. The maximum atomic E-state index is 13.0. The molecule has 3 aliphatic rings. The summed E-state index contributed by atoms with van der Waals surface area (Å²) in [7, 11) is 0. The highest BCUT2D eigenvalue weighted by Crippen LogP contribution is 2.45. The number of hydrogen-bond donors (Lipinski definition) is 1. The molecule has 0 saturated carbocycles. The van der Waals surface area contributed by atoms with Gasteiger partial charge in [-0.15, -0.1) is 0 Å². The van der Waals surface area contributed by atoms with E-state index in [9.17, 15) is 9.90 Å². The third-order valence-electron chi connectivity index (χ3n) is 6.86. The number of rotatable bonds is 3. The van der Waals surface area contributed by atoms with Crippen LogP contribution in [-0.2, 0) is 10.4 Å². The first-order chi connectivity index (χ1) is 12.5. The number of pyridine rings is 1. The van der Waals surface area contributed by atoms with Gasteiger partial charge in [0.25, 0.3) is 0 Å². The van der Waals surface area contributed by atoms with Crippen LogP contribution in [0.15, 0.2) is 24.4 Å². The fourth-order valence-corrected chi connectivity index (χ4v) is 5.57. The zero-order chi connectivity index (χ0) is 18.3. The van der Waals surface area contributed by atoms with Crippen molar-refractivity contribution in [3.05, 3.63) is 30.1 Å². The number of nitrogens with zero attached hydrogens (tertiary/aromatic N) is 3. The molecular formula is C21H31N3O2. The normalized spacial score (nSPS) is 37.7. The number of aliphatic hydroxyl groups is 1. The van der Waals surface area contributed by atoms with Gasteiger partial charge in [-0.3, -0.25) is 14.7 Å². The van der Waals surface area contributed by atoms with Gasteiger partial charge in [-0.25, -0.2) is 0 Å². The van der Waals surface area contributed by atoms with Crippen LogP contribution in [0.3, 0.4) is 0 Å². The molecule has 5 nitrogen and oxygen atoms in total. The third kappa shape index (κ3) is 3.16. The lowest BCUT2D eigenvalue weighted by atomic mass is 9.83. The molecule has 2 bridgehead atoms. The van der Waals surface area contributed by atoms with Crippen molar-refractivity contribution in [1.29, 1.82) is 0 Å². The van der Waals surface area contributed by atoms with E-state index >= 15 is 0 Å². The molecule has 3 fully saturated rings. The number of piperidine rings is 2. The summed E-state index contributed by atoms with van der Waals surface area (Å²) in [4.78, 5) is 21.9. The largest absolute Gasteiger partial charge is 0.383 e. The Morgan fingerprint density at radius 2 is 1.81 bits per heavy atom. The van der Waals surface area contributed by atoms with Gasteiger partial charge in [0.2, 0.25) is 5.91 Å². The van der Waals surface area contributed by atoms with Crippen LogP contribution in [0.5, 0.6) is 0 Å². The smallest absolute Gasteiger partial charge is 0.237 e. The van der Waals surface area contributed by atoms with Gasteiger partial charge in [0, 0.05) is 30.4 Å². The SMILES string of the molecule is C[C@H]1CCC[C@H](C)N1C(=O)CN1[C@H]2CC[C@H]1CC(O)(c1ccccn1)C2. The van der Waals surface area contributed by atoms with E-state index < -0.39 is 5.60 Å². The van der Waals surface area contributed by atoms with Crippen molar-refractivity contribution in [2.75, 3.05) is 6.54 Å².